The predicted octanol–water partition coefficient (Wildman–Crippen LogP) is -0.609. The van der Waals surface area contributed by atoms with Crippen LogP contribution in [0.3, 0.4) is 0 Å². The number of likely N-dealkylation sites (N-methyl/N-ethyl adjacent to an activating group) is 2. The van der Waals surface area contributed by atoms with Gasteiger partial charge in [0.1, 0.15) is 42.6 Å². The number of anilines is 1. The SMILES string of the molecule is CC[C@H](C)[C@@H]1NC(=O)CNC(=O)[C@H]2CC(=O)[C@H]([C@@H](C)[C@@H](O)CO)NC(=O)C3C[C@@H](OC(=O)N(C)CCN(C)C(=O)OCc4ccc(NC(=O)[C@H](CCCNC(N)=O)NC(=O)[C@@H](NC(=O)CCCCCN5C(=O)C=CC5=O)C(C)C)cc4)CN3C(=O)[C@H](CC(N)=O)CC(=O)[C@H](CSc3[nH]c4cc(OC)ccc4c3C2)NC(=O)CNC1=O. The minimum atomic E-state index is -1.74. The molecule has 16 N–H and O–H groups in total. The Labute approximate surface area is 668 Å². The van der Waals surface area contributed by atoms with Crippen molar-refractivity contribution in [2.24, 2.45) is 41.1 Å². The molecule has 115 heavy (non-hydrogen) atoms. The average molecular weight is 1630 g/mol. The number of fused-ring (bicyclic) bond motifs is 5. The number of Topliss-reactive ketones (excluding diaryl/α,β-unsaturated/α-hetero) is 2. The highest BCUT2D eigenvalue weighted by Crippen LogP contribution is 2.36. The zero-order chi connectivity index (χ0) is 84.5. The van der Waals surface area contributed by atoms with Gasteiger partial charge in [-0.3, -0.25) is 72.0 Å². The highest BCUT2D eigenvalue weighted by Gasteiger charge is 2.47. The van der Waals surface area contributed by atoms with Crippen molar-refractivity contribution in [3.8, 4) is 5.75 Å². The second kappa shape index (κ2) is 43.3. The van der Waals surface area contributed by atoms with Crippen LogP contribution in [0.1, 0.15) is 116 Å². The molecule has 12 atom stereocenters. The van der Waals surface area contributed by atoms with Crippen molar-refractivity contribution in [3.63, 3.8) is 0 Å². The number of thioether (sulfide) groups is 1. The van der Waals surface area contributed by atoms with Crippen LogP contribution >= 0.6 is 11.8 Å². The maximum absolute atomic E-state index is 15.2. The molecule has 0 radical (unpaired) electrons. The number of carbonyl (C=O) groups excluding carboxylic acids is 17. The van der Waals surface area contributed by atoms with Crippen LogP contribution in [-0.2, 0) is 89.6 Å². The second-order valence-corrected chi connectivity index (χ2v) is 30.5. The number of nitrogens with two attached hydrogens (primary N) is 2. The molecule has 1 fully saturated rings. The predicted molar refractivity (Wildman–Crippen MR) is 414 cm³/mol. The Kier molecular flexibility index (Phi) is 34.3. The molecular weight excluding hydrogens is 1520 g/mol. The van der Waals surface area contributed by atoms with Gasteiger partial charge in [-0.15, -0.1) is 11.8 Å². The summed E-state index contributed by atoms with van der Waals surface area (Å²) in [4.78, 5) is 240. The first-order chi connectivity index (χ1) is 54.6. The first-order valence-electron chi connectivity index (χ1n) is 38.1. The van der Waals surface area contributed by atoms with E-state index in [0.717, 1.165) is 31.4 Å². The number of ether oxygens (including phenoxy) is 3. The van der Waals surface area contributed by atoms with Crippen LogP contribution in [-0.4, -0.2) is 263 Å². The van der Waals surface area contributed by atoms with Gasteiger partial charge in [-0.25, -0.2) is 14.4 Å². The Bertz CT molecular complexity index is 4100. The first kappa shape index (κ1) is 91.0. The lowest BCUT2D eigenvalue weighted by Crippen LogP contribution is -2.56. The van der Waals surface area contributed by atoms with Gasteiger partial charge in [0.25, 0.3) is 11.8 Å². The summed E-state index contributed by atoms with van der Waals surface area (Å²) in [7, 11) is 4.16. The lowest BCUT2D eigenvalue weighted by Gasteiger charge is -2.32. The number of H-pyrrole nitrogens is 1. The zero-order valence-corrected chi connectivity index (χ0v) is 66.5. The average Bonchev–Trinajstić information content (AvgIpc) is 1.65. The molecule has 3 aromatic rings. The molecule has 38 nitrogen and oxygen atoms in total. The summed E-state index contributed by atoms with van der Waals surface area (Å²) in [5, 5.41) is 45.9. The number of ketones is 2. The molecule has 0 saturated carbocycles. The number of benzene rings is 2. The number of urea groups is 1. The van der Waals surface area contributed by atoms with Crippen LogP contribution < -0.4 is 64.1 Å². The highest BCUT2D eigenvalue weighted by molar-refractivity contribution is 7.99. The standard InChI is InChI=1S/C76H106N16O22S/c1-9-41(4)65-70(106)81-34-60(99)83-53-39-115-72-50(49-21-20-47(112-8)32-52(49)85-72)28-44(67(103)80-35-61(100)87-65)29-56(95)66(42(5)57(96)37-93)88-69(105)54-33-48(36-92(54)73(108)45(30-55(53)94)31-58(77)97)114-76(111)90(7)27-26-89(6)75(110)113-38-43-16-18-46(19-17-43)82-68(104)51(14-13-24-79-74(78)109)84-71(107)64(40(2)3)86-59(98)15-11-10-12-25-91-62(101)22-23-63(91)102/h16-23,32,40-42,44-45,48,51,53-54,57,64-66,85,93,96H,9-15,24-31,33-39H2,1-8H3,(H2,77,97)(H,80,103)(H,81,106)(H,82,104)(H,83,99)(H,84,107)(H,86,98)(H,87,100)(H,88,105)(H3,78,79,109)/t41-,42-,44+,45-,48+,51-,53-,54?,57-,64-,65-,66-/m0/s1. The van der Waals surface area contributed by atoms with E-state index in [1.54, 1.807) is 58.0 Å². The molecule has 4 aliphatic heterocycles. The number of imide groups is 1. The van der Waals surface area contributed by atoms with E-state index >= 15 is 14.4 Å². The minimum Gasteiger partial charge on any atom is -0.497 e. The molecule has 1 aromatic heterocycles. The number of aromatic amines is 1. The van der Waals surface area contributed by atoms with Gasteiger partial charge in [-0.1, -0.05) is 59.6 Å². The number of nitrogens with zero attached hydrogens (tertiary/aromatic N) is 4. The minimum absolute atomic E-state index is 0.0382. The largest absolute Gasteiger partial charge is 0.497 e. The van der Waals surface area contributed by atoms with Crippen molar-refractivity contribution in [1.82, 2.24) is 67.1 Å². The second-order valence-electron chi connectivity index (χ2n) is 29.4. The van der Waals surface area contributed by atoms with Crippen LogP contribution in [0.2, 0.25) is 0 Å². The number of aliphatic hydroxyl groups excluding tert-OH is 2. The highest BCUT2D eigenvalue weighted by atomic mass is 32.2. The van der Waals surface area contributed by atoms with Crippen molar-refractivity contribution in [2.45, 2.75) is 172 Å². The third-order valence-electron chi connectivity index (χ3n) is 20.5. The Morgan fingerprint density at radius 3 is 2.06 bits per heavy atom. The van der Waals surface area contributed by atoms with E-state index < -0.39 is 231 Å². The number of methoxy groups -OCH3 is 1. The molecule has 0 aliphatic carbocycles. The van der Waals surface area contributed by atoms with Crippen LogP contribution in [0.4, 0.5) is 20.1 Å². The zero-order valence-electron chi connectivity index (χ0n) is 65.7. The van der Waals surface area contributed by atoms with Crippen molar-refractivity contribution in [1.29, 1.82) is 0 Å². The fourth-order valence-electron chi connectivity index (χ4n) is 13.4. The number of hydrogen-bond acceptors (Lipinski definition) is 23. The molecule has 7 rings (SSSR count). The van der Waals surface area contributed by atoms with Gasteiger partial charge < -0.3 is 103 Å². The van der Waals surface area contributed by atoms with E-state index in [4.69, 9.17) is 25.7 Å². The maximum Gasteiger partial charge on any atom is 0.409 e. The molecule has 628 valence electrons. The van der Waals surface area contributed by atoms with Gasteiger partial charge in [0, 0.05) is 119 Å². The summed E-state index contributed by atoms with van der Waals surface area (Å²) in [5.41, 5.74) is 12.7. The van der Waals surface area contributed by atoms with Gasteiger partial charge in [-0.2, -0.15) is 0 Å². The van der Waals surface area contributed by atoms with Gasteiger partial charge in [0.2, 0.25) is 59.1 Å². The number of primary amides is 2. The topological polar surface area (TPSA) is 547 Å². The van der Waals surface area contributed by atoms with Crippen LogP contribution in [0, 0.1) is 29.6 Å². The number of amides is 16. The van der Waals surface area contributed by atoms with Crippen LogP contribution in [0.15, 0.2) is 59.6 Å². The number of hydrogen-bond donors (Lipinski definition) is 14. The number of aliphatic hydroxyl groups is 2. The summed E-state index contributed by atoms with van der Waals surface area (Å²) in [6.45, 7) is 4.98. The fraction of sp³-hybridized carbons (Fsp3) is 0.566. The fourth-order valence-corrected chi connectivity index (χ4v) is 14.6. The lowest BCUT2D eigenvalue weighted by atomic mass is 9.85. The van der Waals surface area contributed by atoms with E-state index in [2.05, 4.69) is 52.8 Å². The Hall–Kier alpha value is -11.2. The smallest absolute Gasteiger partial charge is 0.409 e. The normalized spacial score (nSPS) is 21.4. The molecule has 1 saturated heterocycles. The van der Waals surface area contributed by atoms with Gasteiger partial charge in [0.15, 0.2) is 11.6 Å². The Balaban J connectivity index is 1.04. The summed E-state index contributed by atoms with van der Waals surface area (Å²) in [6, 6.07) is 1.97. The lowest BCUT2D eigenvalue weighted by molar-refractivity contribution is -0.145. The van der Waals surface area contributed by atoms with E-state index in [-0.39, 0.29) is 69.9 Å². The number of carbonyl (C=O) groups is 17. The summed E-state index contributed by atoms with van der Waals surface area (Å²) < 4.78 is 16.9. The van der Waals surface area contributed by atoms with Crippen molar-refractivity contribution >= 4 is 129 Å². The molecular formula is C76H106N16O22S. The number of nitrogens with one attached hydrogen (secondary N) is 10. The third-order valence-corrected chi connectivity index (χ3v) is 21.6. The summed E-state index contributed by atoms with van der Waals surface area (Å²) >= 11 is 1.01. The van der Waals surface area contributed by atoms with Gasteiger partial charge in [0.05, 0.1) is 68.0 Å². The van der Waals surface area contributed by atoms with Gasteiger partial charge >= 0.3 is 18.2 Å². The number of rotatable bonds is 30. The van der Waals surface area contributed by atoms with Gasteiger partial charge in [-0.05, 0) is 79.3 Å². The van der Waals surface area contributed by atoms with Crippen molar-refractivity contribution < 1.29 is 106 Å². The molecule has 1 unspecified atom stereocenters. The molecule has 39 heteroatoms. The van der Waals surface area contributed by atoms with E-state index in [1.807, 2.05) is 0 Å². The molecule has 4 aliphatic rings. The third kappa shape index (κ3) is 26.4. The van der Waals surface area contributed by atoms with Crippen molar-refractivity contribution in [3.05, 3.63) is 65.7 Å². The quantitative estimate of drug-likeness (QED) is 0.0292. The molecule has 2 aromatic carbocycles. The summed E-state index contributed by atoms with van der Waals surface area (Å²) in [5.74, 6) is -15.9. The molecule has 5 heterocycles. The first-order valence-corrected chi connectivity index (χ1v) is 39.1. The Morgan fingerprint density at radius 1 is 0.748 bits per heavy atom. The van der Waals surface area contributed by atoms with Crippen LogP contribution in [0.5, 0.6) is 5.75 Å². The Morgan fingerprint density at radius 2 is 1.42 bits per heavy atom. The molecule has 2 bridgehead atoms. The van der Waals surface area contributed by atoms with E-state index in [0.29, 0.717) is 58.5 Å². The van der Waals surface area contributed by atoms with Crippen LogP contribution in [0.25, 0.3) is 10.9 Å². The van der Waals surface area contributed by atoms with E-state index in [9.17, 15) is 77.3 Å². The maximum atomic E-state index is 15.2. The molecule has 0 spiro atoms. The monoisotopic (exact) mass is 1630 g/mol. The van der Waals surface area contributed by atoms with Crippen molar-refractivity contribution in [2.75, 3.05) is 84.7 Å². The van der Waals surface area contributed by atoms with E-state index in [1.165, 1.54) is 52.4 Å². The number of unbranched alkanes of at least 4 members (excludes halogenated alkanes) is 2. The summed E-state index contributed by atoms with van der Waals surface area (Å²) in [6.07, 6.45) is -3.48. The molecule has 16 amide bonds. The number of aromatic nitrogens is 1.